The molecule has 1 aromatic heterocycles. The van der Waals surface area contributed by atoms with E-state index in [4.69, 9.17) is 16.3 Å². The number of hydrogen-bond donors (Lipinski definition) is 3. The van der Waals surface area contributed by atoms with Gasteiger partial charge in [0.1, 0.15) is 34.2 Å². The number of halogens is 4. The summed E-state index contributed by atoms with van der Waals surface area (Å²) in [6.45, 7) is 0.861. The molecule has 218 valence electrons. The van der Waals surface area contributed by atoms with Gasteiger partial charge in [0.15, 0.2) is 18.9 Å². The van der Waals surface area contributed by atoms with Gasteiger partial charge >= 0.3 is 13.8 Å². The van der Waals surface area contributed by atoms with E-state index in [2.05, 4.69) is 0 Å². The molecule has 0 spiro atoms. The lowest BCUT2D eigenvalue weighted by atomic mass is 9.80. The van der Waals surface area contributed by atoms with Gasteiger partial charge in [-0.05, 0) is 12.5 Å². The highest BCUT2D eigenvalue weighted by Gasteiger charge is 2.67. The maximum atomic E-state index is 14.9. The Labute approximate surface area is 243 Å². The number of fused-ring (bicyclic) bond motifs is 1. The number of alkyl halides is 3. The van der Waals surface area contributed by atoms with E-state index in [1.165, 1.54) is 30.3 Å². The van der Waals surface area contributed by atoms with E-state index in [0.29, 0.717) is 6.92 Å². The van der Waals surface area contributed by atoms with Crippen LogP contribution < -0.4 is 14.0 Å². The molecule has 2 aromatic carbocycles. The first-order valence-electron chi connectivity index (χ1n) is 11.8. The van der Waals surface area contributed by atoms with Crippen molar-refractivity contribution < 1.29 is 45.2 Å². The number of hydrogen-bond acceptors (Lipinski definition) is 6. The maximum Gasteiger partial charge on any atom is 0.400 e. The minimum absolute atomic E-state index is 0.0430. The zero-order valence-electron chi connectivity index (χ0n) is 21.1. The molecule has 4 rings (SSSR count). The second kappa shape index (κ2) is 11.6. The van der Waals surface area contributed by atoms with E-state index in [-0.39, 0.29) is 46.1 Å². The average Bonchev–Trinajstić information content (AvgIpc) is 3.24. The van der Waals surface area contributed by atoms with Crippen molar-refractivity contribution in [2.24, 2.45) is 0 Å². The van der Waals surface area contributed by atoms with Gasteiger partial charge in [-0.2, -0.15) is 23.2 Å². The van der Waals surface area contributed by atoms with Crippen LogP contribution in [0.5, 0.6) is 5.75 Å². The van der Waals surface area contributed by atoms with Crippen molar-refractivity contribution in [2.75, 3.05) is 6.61 Å². The van der Waals surface area contributed by atoms with Crippen LogP contribution >= 0.6 is 31.0 Å². The van der Waals surface area contributed by atoms with E-state index in [0.717, 1.165) is 6.07 Å². The van der Waals surface area contributed by atoms with E-state index in [9.17, 15) is 41.2 Å². The monoisotopic (exact) mass is 648 g/mol. The van der Waals surface area contributed by atoms with Crippen LogP contribution in [0.25, 0.3) is 0 Å². The highest BCUT2D eigenvalue weighted by atomic mass is 35.5. The highest BCUT2D eigenvalue weighted by molar-refractivity contribution is 8.13. The Morgan fingerprint density at radius 2 is 1.83 bits per heavy atom. The van der Waals surface area contributed by atoms with Crippen molar-refractivity contribution in [3.05, 3.63) is 88.7 Å². The molecule has 0 saturated heterocycles. The normalized spacial score (nSPS) is 19.8. The number of thioether (sulfide) groups is 1. The highest BCUT2D eigenvalue weighted by Crippen LogP contribution is 2.62. The van der Waals surface area contributed by atoms with Crippen LogP contribution in [0.15, 0.2) is 71.9 Å². The molecule has 16 heteroatoms. The summed E-state index contributed by atoms with van der Waals surface area (Å²) in [6.07, 6.45) is -1.77. The lowest BCUT2D eigenvalue weighted by Gasteiger charge is -2.35. The molecule has 0 saturated carbocycles. The Hall–Kier alpha value is -2.63. The standard InChI is InChI=1S/C25H22ClF3N3O6PS2/c1-24(25(27,28)29)20-17(15-30)19(38-13-12-32-10-6-3-7-11-32)14-18(26)21(20)40-23(24)41(36,37)31-22(39(33,34)35)16-8-4-2-5-9-16/h2-11,14,22-23,31H,12-13H2,1H3,(H-,33,34,35)/p+1. The Morgan fingerprint density at radius 1 is 1.22 bits per heavy atom. The Kier molecular flexibility index (Phi) is 8.83. The van der Waals surface area contributed by atoms with Crippen LogP contribution in [-0.4, -0.2) is 35.6 Å². The number of sulfonamides is 1. The van der Waals surface area contributed by atoms with Gasteiger partial charge in [-0.1, -0.05) is 48.0 Å². The molecule has 0 radical (unpaired) electrons. The Morgan fingerprint density at radius 3 is 2.39 bits per heavy atom. The molecule has 3 atom stereocenters. The summed E-state index contributed by atoms with van der Waals surface area (Å²) in [5.74, 6) is -2.41. The third-order valence-electron chi connectivity index (χ3n) is 6.51. The summed E-state index contributed by atoms with van der Waals surface area (Å²) in [5.41, 5.74) is -4.60. The SMILES string of the molecule is CC1(C(F)(F)F)c2c(C#N)c(OCC[n+]3ccccc3)cc(Cl)c2SC1S(=O)(=O)NC(c1ccccc1)P(=O)(O)O. The van der Waals surface area contributed by atoms with Crippen molar-refractivity contribution in [3.63, 3.8) is 0 Å². The molecule has 9 nitrogen and oxygen atoms in total. The zero-order chi connectivity index (χ0) is 30.2. The van der Waals surface area contributed by atoms with Gasteiger partial charge in [0, 0.05) is 28.7 Å². The molecule has 3 unspecified atom stereocenters. The molecule has 0 amide bonds. The number of nitrogens with one attached hydrogen (secondary N) is 1. The Balaban J connectivity index is 1.78. The lowest BCUT2D eigenvalue weighted by molar-refractivity contribution is -0.697. The number of ether oxygens (including phenoxy) is 1. The van der Waals surface area contributed by atoms with Crippen LogP contribution in [0, 0.1) is 11.3 Å². The van der Waals surface area contributed by atoms with Gasteiger partial charge in [0.2, 0.25) is 10.0 Å². The first kappa shape index (κ1) is 31.3. The van der Waals surface area contributed by atoms with Gasteiger partial charge < -0.3 is 14.5 Å². The number of benzene rings is 2. The van der Waals surface area contributed by atoms with Crippen LogP contribution in [0.2, 0.25) is 5.02 Å². The molecular formula is C25H23ClF3N3O6PS2+. The first-order valence-corrected chi connectivity index (χ1v) is 16.3. The fourth-order valence-electron chi connectivity index (χ4n) is 4.46. The minimum Gasteiger partial charge on any atom is -0.486 e. The number of pyridine rings is 1. The molecule has 3 N–H and O–H groups in total. The average molecular weight is 649 g/mol. The molecule has 0 bridgehead atoms. The minimum atomic E-state index is -5.25. The summed E-state index contributed by atoms with van der Waals surface area (Å²) in [6, 6.07) is 15.0. The van der Waals surface area contributed by atoms with E-state index < -0.39 is 50.7 Å². The second-order valence-corrected chi connectivity index (χ2v) is 14.5. The van der Waals surface area contributed by atoms with Gasteiger partial charge in [-0.15, -0.1) is 11.8 Å². The van der Waals surface area contributed by atoms with Crippen molar-refractivity contribution in [1.82, 2.24) is 4.72 Å². The molecule has 0 fully saturated rings. The fourth-order valence-corrected chi connectivity index (χ4v) is 10.1. The summed E-state index contributed by atoms with van der Waals surface area (Å²) in [5, 5.41) is 9.69. The summed E-state index contributed by atoms with van der Waals surface area (Å²) in [4.78, 5) is 19.5. The second-order valence-electron chi connectivity index (χ2n) is 9.22. The smallest absolute Gasteiger partial charge is 0.400 e. The van der Waals surface area contributed by atoms with Gasteiger partial charge in [0.05, 0.1) is 10.6 Å². The molecule has 1 aliphatic rings. The zero-order valence-corrected chi connectivity index (χ0v) is 24.4. The first-order chi connectivity index (χ1) is 19.1. The number of aromatic nitrogens is 1. The molecule has 3 aromatic rings. The van der Waals surface area contributed by atoms with Gasteiger partial charge in [0.25, 0.3) is 0 Å². The van der Waals surface area contributed by atoms with Crippen LogP contribution in [0.3, 0.4) is 0 Å². The summed E-state index contributed by atoms with van der Waals surface area (Å²) >= 11 is 6.59. The molecule has 1 aliphatic heterocycles. The van der Waals surface area contributed by atoms with E-state index >= 15 is 0 Å². The molecule has 41 heavy (non-hydrogen) atoms. The van der Waals surface area contributed by atoms with Crippen LogP contribution in [0.1, 0.15) is 29.4 Å². The van der Waals surface area contributed by atoms with Gasteiger partial charge in [-0.25, -0.2) is 13.0 Å². The number of nitrogens with zero attached hydrogens (tertiary/aromatic N) is 2. The largest absolute Gasteiger partial charge is 0.486 e. The van der Waals surface area contributed by atoms with E-state index in [1.807, 2.05) is 0 Å². The number of rotatable bonds is 9. The lowest BCUT2D eigenvalue weighted by Crippen LogP contribution is -2.52. The third kappa shape index (κ3) is 6.12. The maximum absolute atomic E-state index is 14.9. The van der Waals surface area contributed by atoms with Crippen molar-refractivity contribution in [2.45, 2.75) is 40.3 Å². The quantitative estimate of drug-likeness (QED) is 0.226. The van der Waals surface area contributed by atoms with Crippen molar-refractivity contribution in [3.8, 4) is 11.8 Å². The van der Waals surface area contributed by atoms with Crippen molar-refractivity contribution >= 4 is 41.0 Å². The topological polar surface area (TPSA) is 141 Å². The van der Waals surface area contributed by atoms with Gasteiger partial charge in [-0.3, -0.25) is 4.57 Å². The predicted molar refractivity (Wildman–Crippen MR) is 145 cm³/mol. The van der Waals surface area contributed by atoms with Crippen molar-refractivity contribution in [1.29, 1.82) is 5.26 Å². The number of nitriles is 1. The molecular weight excluding hydrogens is 626 g/mol. The summed E-state index contributed by atoms with van der Waals surface area (Å²) < 4.78 is 90.9. The third-order valence-corrected chi connectivity index (χ3v) is 12.2. The Bertz CT molecular complexity index is 1640. The molecule has 0 aliphatic carbocycles. The fraction of sp³-hybridized carbons (Fsp3) is 0.280. The molecule has 2 heterocycles. The van der Waals surface area contributed by atoms with Crippen LogP contribution in [-0.2, 0) is 26.5 Å². The summed E-state index contributed by atoms with van der Waals surface area (Å²) in [7, 11) is -10.4. The van der Waals surface area contributed by atoms with E-state index in [1.54, 1.807) is 46.0 Å². The predicted octanol–water partition coefficient (Wildman–Crippen LogP) is 4.63. The van der Waals surface area contributed by atoms with Crippen LogP contribution in [0.4, 0.5) is 13.2 Å².